The molecular formula is C12H14N4O2. The van der Waals surface area contributed by atoms with Crippen molar-refractivity contribution in [2.24, 2.45) is 0 Å². The maximum absolute atomic E-state index is 11.7. The minimum absolute atomic E-state index is 0.0189. The highest BCUT2D eigenvalue weighted by Gasteiger charge is 2.16. The van der Waals surface area contributed by atoms with Gasteiger partial charge in [0.15, 0.2) is 0 Å². The second-order valence-electron chi connectivity index (χ2n) is 4.10. The van der Waals surface area contributed by atoms with Crippen LogP contribution in [0.5, 0.6) is 0 Å². The van der Waals surface area contributed by atoms with Crippen LogP contribution in [0.4, 0.5) is 0 Å². The molecule has 2 aromatic heterocycles. The summed E-state index contributed by atoms with van der Waals surface area (Å²) in [5, 5.41) is 10.2. The van der Waals surface area contributed by atoms with E-state index in [9.17, 15) is 4.79 Å². The van der Waals surface area contributed by atoms with Gasteiger partial charge in [-0.25, -0.2) is 0 Å². The molecule has 0 aliphatic rings. The number of carbonyl (C=O) groups is 1. The van der Waals surface area contributed by atoms with E-state index < -0.39 is 0 Å². The Kier molecular flexibility index (Phi) is 3.66. The minimum atomic E-state index is -0.389. The molecule has 6 nitrogen and oxygen atoms in total. The molecule has 0 spiro atoms. The zero-order valence-corrected chi connectivity index (χ0v) is 10.3. The SMILES string of the molecule is CC(C)c1nnc(C(=O)NCc2ccccn2)o1. The van der Waals surface area contributed by atoms with Gasteiger partial charge >= 0.3 is 11.8 Å². The molecule has 94 valence electrons. The Morgan fingerprint density at radius 3 is 2.83 bits per heavy atom. The number of carbonyl (C=O) groups excluding carboxylic acids is 1. The molecule has 2 aromatic rings. The van der Waals surface area contributed by atoms with E-state index in [1.807, 2.05) is 32.0 Å². The number of nitrogens with zero attached hydrogens (tertiary/aromatic N) is 3. The zero-order chi connectivity index (χ0) is 13.0. The number of amides is 1. The fraction of sp³-hybridized carbons (Fsp3) is 0.333. The third-order valence-electron chi connectivity index (χ3n) is 2.28. The predicted octanol–water partition coefficient (Wildman–Crippen LogP) is 1.52. The molecule has 0 atom stereocenters. The maximum atomic E-state index is 11.7. The number of hydrogen-bond donors (Lipinski definition) is 1. The third kappa shape index (κ3) is 2.91. The molecule has 0 aliphatic carbocycles. The van der Waals surface area contributed by atoms with Crippen LogP contribution in [-0.2, 0) is 6.54 Å². The van der Waals surface area contributed by atoms with Gasteiger partial charge in [-0.2, -0.15) is 0 Å². The first-order valence-corrected chi connectivity index (χ1v) is 5.68. The summed E-state index contributed by atoms with van der Waals surface area (Å²) in [6.07, 6.45) is 1.67. The van der Waals surface area contributed by atoms with Crippen LogP contribution in [0, 0.1) is 0 Å². The van der Waals surface area contributed by atoms with Crippen molar-refractivity contribution in [1.82, 2.24) is 20.5 Å². The summed E-state index contributed by atoms with van der Waals surface area (Å²) in [6, 6.07) is 5.50. The van der Waals surface area contributed by atoms with Crippen LogP contribution >= 0.6 is 0 Å². The molecule has 0 bridgehead atoms. The highest BCUT2D eigenvalue weighted by atomic mass is 16.4. The molecule has 6 heteroatoms. The first-order chi connectivity index (χ1) is 8.66. The van der Waals surface area contributed by atoms with Crippen LogP contribution in [0.2, 0.25) is 0 Å². The molecule has 0 saturated heterocycles. The molecule has 0 radical (unpaired) electrons. The first-order valence-electron chi connectivity index (χ1n) is 5.68. The summed E-state index contributed by atoms with van der Waals surface area (Å²) >= 11 is 0. The lowest BCUT2D eigenvalue weighted by atomic mass is 10.2. The molecule has 0 unspecified atom stereocenters. The molecule has 2 heterocycles. The molecular weight excluding hydrogens is 232 g/mol. The van der Waals surface area contributed by atoms with Crippen molar-refractivity contribution in [2.75, 3.05) is 0 Å². The summed E-state index contributed by atoms with van der Waals surface area (Å²) in [5.41, 5.74) is 0.773. The fourth-order valence-electron chi connectivity index (χ4n) is 1.31. The Balaban J connectivity index is 1.95. The lowest BCUT2D eigenvalue weighted by Crippen LogP contribution is -2.23. The van der Waals surface area contributed by atoms with Crippen molar-refractivity contribution in [1.29, 1.82) is 0 Å². The van der Waals surface area contributed by atoms with Gasteiger partial charge in [0.2, 0.25) is 5.89 Å². The van der Waals surface area contributed by atoms with Crippen molar-refractivity contribution in [2.45, 2.75) is 26.3 Å². The van der Waals surface area contributed by atoms with Gasteiger partial charge in [-0.05, 0) is 12.1 Å². The summed E-state index contributed by atoms with van der Waals surface area (Å²) < 4.78 is 5.24. The van der Waals surface area contributed by atoms with Crippen molar-refractivity contribution < 1.29 is 9.21 Å². The number of nitrogens with one attached hydrogen (secondary N) is 1. The van der Waals surface area contributed by atoms with Crippen LogP contribution in [0.3, 0.4) is 0 Å². The second kappa shape index (κ2) is 5.39. The van der Waals surface area contributed by atoms with Crippen LogP contribution in [0.25, 0.3) is 0 Å². The molecule has 18 heavy (non-hydrogen) atoms. The van der Waals surface area contributed by atoms with Crippen molar-refractivity contribution in [3.05, 3.63) is 41.9 Å². The summed E-state index contributed by atoms with van der Waals surface area (Å²) in [4.78, 5) is 15.8. The Morgan fingerprint density at radius 1 is 1.39 bits per heavy atom. The number of hydrogen-bond acceptors (Lipinski definition) is 5. The summed E-state index contributed by atoms with van der Waals surface area (Å²) in [5.74, 6) is 0.155. The summed E-state index contributed by atoms with van der Waals surface area (Å²) in [6.45, 7) is 4.17. The van der Waals surface area contributed by atoms with E-state index in [-0.39, 0.29) is 17.7 Å². The monoisotopic (exact) mass is 246 g/mol. The van der Waals surface area contributed by atoms with E-state index in [0.29, 0.717) is 12.4 Å². The quantitative estimate of drug-likeness (QED) is 0.884. The molecule has 0 aliphatic heterocycles. The van der Waals surface area contributed by atoms with Gasteiger partial charge in [0.1, 0.15) is 0 Å². The maximum Gasteiger partial charge on any atom is 0.309 e. The predicted molar refractivity (Wildman–Crippen MR) is 63.8 cm³/mol. The van der Waals surface area contributed by atoms with Crippen LogP contribution in [0.1, 0.15) is 42.0 Å². The Bertz CT molecular complexity index is 522. The van der Waals surface area contributed by atoms with Crippen LogP contribution in [-0.4, -0.2) is 21.1 Å². The van der Waals surface area contributed by atoms with E-state index in [1.165, 1.54) is 0 Å². The highest BCUT2D eigenvalue weighted by Crippen LogP contribution is 2.11. The van der Waals surface area contributed by atoms with Gasteiger partial charge < -0.3 is 9.73 Å². The lowest BCUT2D eigenvalue weighted by molar-refractivity contribution is 0.0913. The van der Waals surface area contributed by atoms with E-state index in [2.05, 4.69) is 20.5 Å². The Labute approximate surface area is 104 Å². The molecule has 1 amide bonds. The van der Waals surface area contributed by atoms with Gasteiger partial charge in [0.05, 0.1) is 12.2 Å². The molecule has 0 aromatic carbocycles. The lowest BCUT2D eigenvalue weighted by Gasteiger charge is -2.01. The van der Waals surface area contributed by atoms with Gasteiger partial charge in [-0.1, -0.05) is 19.9 Å². The topological polar surface area (TPSA) is 80.9 Å². The largest absolute Gasteiger partial charge is 0.417 e. The number of pyridine rings is 1. The fourth-order valence-corrected chi connectivity index (χ4v) is 1.31. The molecule has 0 fully saturated rings. The van der Waals surface area contributed by atoms with Crippen LogP contribution in [0.15, 0.2) is 28.8 Å². The van der Waals surface area contributed by atoms with Gasteiger partial charge in [0.25, 0.3) is 0 Å². The molecule has 0 saturated carbocycles. The van der Waals surface area contributed by atoms with Crippen molar-refractivity contribution in [3.8, 4) is 0 Å². The molecule has 2 rings (SSSR count). The van der Waals surface area contributed by atoms with Gasteiger partial charge in [0, 0.05) is 12.1 Å². The van der Waals surface area contributed by atoms with Crippen LogP contribution < -0.4 is 5.32 Å². The molecule has 1 N–H and O–H groups in total. The number of aromatic nitrogens is 3. The van der Waals surface area contributed by atoms with E-state index in [4.69, 9.17) is 4.42 Å². The van der Waals surface area contributed by atoms with Crippen molar-refractivity contribution in [3.63, 3.8) is 0 Å². The van der Waals surface area contributed by atoms with E-state index in [0.717, 1.165) is 5.69 Å². The Morgan fingerprint density at radius 2 is 2.22 bits per heavy atom. The number of rotatable bonds is 4. The van der Waals surface area contributed by atoms with Gasteiger partial charge in [-0.15, -0.1) is 10.2 Å². The normalized spacial score (nSPS) is 10.6. The van der Waals surface area contributed by atoms with E-state index in [1.54, 1.807) is 6.20 Å². The smallest absolute Gasteiger partial charge is 0.309 e. The average Bonchev–Trinajstić information content (AvgIpc) is 2.87. The van der Waals surface area contributed by atoms with E-state index >= 15 is 0 Å². The van der Waals surface area contributed by atoms with Crippen molar-refractivity contribution >= 4 is 5.91 Å². The Hall–Kier alpha value is -2.24. The first kappa shape index (κ1) is 12.2. The highest BCUT2D eigenvalue weighted by molar-refractivity contribution is 5.89. The zero-order valence-electron chi connectivity index (χ0n) is 10.3. The van der Waals surface area contributed by atoms with Gasteiger partial charge in [-0.3, -0.25) is 9.78 Å². The average molecular weight is 246 g/mol. The standard InChI is InChI=1S/C12H14N4O2/c1-8(2)11-15-16-12(18-11)10(17)14-7-9-5-3-4-6-13-9/h3-6,8H,7H2,1-2H3,(H,14,17). The summed E-state index contributed by atoms with van der Waals surface area (Å²) in [7, 11) is 0. The second-order valence-corrected chi connectivity index (χ2v) is 4.10. The minimum Gasteiger partial charge on any atom is -0.417 e. The third-order valence-corrected chi connectivity index (χ3v) is 2.28.